The minimum atomic E-state index is -0.530. The molecule has 6 nitrogen and oxygen atoms in total. The number of urea groups is 1. The van der Waals surface area contributed by atoms with Crippen molar-refractivity contribution in [1.82, 2.24) is 20.1 Å². The number of hydrogen-bond acceptors (Lipinski definition) is 4. The maximum absolute atomic E-state index is 13.2. The van der Waals surface area contributed by atoms with Gasteiger partial charge in [-0.3, -0.25) is 4.57 Å². The molecule has 0 aliphatic rings. The van der Waals surface area contributed by atoms with Gasteiger partial charge in [-0.15, -0.1) is 10.2 Å². The van der Waals surface area contributed by atoms with Gasteiger partial charge in [-0.05, 0) is 48.0 Å². The maximum Gasteiger partial charge on any atom is 0.319 e. The number of halogens is 5. The molecule has 1 heterocycles. The summed E-state index contributed by atoms with van der Waals surface area (Å²) in [5.41, 5.74) is 1.80. The number of benzene rings is 3. The van der Waals surface area contributed by atoms with Crippen LogP contribution in [0.5, 0.6) is 0 Å². The van der Waals surface area contributed by atoms with E-state index in [-0.39, 0.29) is 12.4 Å². The van der Waals surface area contributed by atoms with Crippen LogP contribution in [0.25, 0.3) is 5.69 Å². The maximum atomic E-state index is 13.2. The molecule has 4 rings (SSSR count). The van der Waals surface area contributed by atoms with Crippen LogP contribution in [0, 0.1) is 5.82 Å². The molecule has 0 fully saturated rings. The Morgan fingerprint density at radius 2 is 1.66 bits per heavy atom. The van der Waals surface area contributed by atoms with Crippen LogP contribution in [0.2, 0.25) is 20.1 Å². The second kappa shape index (κ2) is 11.5. The van der Waals surface area contributed by atoms with E-state index in [0.29, 0.717) is 48.2 Å². The molecule has 3 aromatic carbocycles. The predicted octanol–water partition coefficient (Wildman–Crippen LogP) is 7.63. The molecule has 4 aromatic rings. The number of carbonyl (C=O) groups excluding carboxylic acids is 1. The lowest BCUT2D eigenvalue weighted by atomic mass is 10.2. The zero-order valence-electron chi connectivity index (χ0n) is 17.7. The van der Waals surface area contributed by atoms with Crippen LogP contribution in [0.4, 0.5) is 14.9 Å². The molecule has 2 amide bonds. The summed E-state index contributed by atoms with van der Waals surface area (Å²) < 4.78 is 15.0. The third kappa shape index (κ3) is 6.39. The van der Waals surface area contributed by atoms with Crippen molar-refractivity contribution in [1.29, 1.82) is 0 Å². The highest BCUT2D eigenvalue weighted by Crippen LogP contribution is 2.31. The number of anilines is 1. The Hall–Kier alpha value is -2.49. The first kappa shape index (κ1) is 25.6. The van der Waals surface area contributed by atoms with Gasteiger partial charge in [-0.2, -0.15) is 0 Å². The Kier molecular flexibility index (Phi) is 8.41. The minimum Gasteiger partial charge on any atom is -0.331 e. The Morgan fingerprint density at radius 1 is 0.943 bits per heavy atom. The van der Waals surface area contributed by atoms with Crippen LogP contribution >= 0.6 is 58.2 Å². The molecule has 12 heteroatoms. The Morgan fingerprint density at radius 3 is 2.34 bits per heavy atom. The van der Waals surface area contributed by atoms with Gasteiger partial charge in [0.15, 0.2) is 11.0 Å². The molecule has 0 spiro atoms. The predicted molar refractivity (Wildman–Crippen MR) is 140 cm³/mol. The van der Waals surface area contributed by atoms with Crippen molar-refractivity contribution in [2.24, 2.45) is 0 Å². The van der Waals surface area contributed by atoms with Crippen LogP contribution in [0.1, 0.15) is 11.4 Å². The summed E-state index contributed by atoms with van der Waals surface area (Å²) in [6.07, 6.45) is 0. The molecule has 0 atom stereocenters. The van der Waals surface area contributed by atoms with Crippen molar-refractivity contribution in [3.63, 3.8) is 0 Å². The fourth-order valence-electron chi connectivity index (χ4n) is 3.08. The van der Waals surface area contributed by atoms with Crippen molar-refractivity contribution in [2.45, 2.75) is 17.5 Å². The van der Waals surface area contributed by atoms with Gasteiger partial charge in [-0.1, -0.05) is 76.4 Å². The highest BCUT2D eigenvalue weighted by atomic mass is 35.5. The first-order valence-corrected chi connectivity index (χ1v) is 12.6. The van der Waals surface area contributed by atoms with Crippen molar-refractivity contribution >= 4 is 69.9 Å². The van der Waals surface area contributed by atoms with Crippen molar-refractivity contribution < 1.29 is 9.18 Å². The van der Waals surface area contributed by atoms with Gasteiger partial charge in [0.05, 0.1) is 33.0 Å². The number of para-hydroxylation sites is 1. The van der Waals surface area contributed by atoms with E-state index in [1.54, 1.807) is 53.1 Å². The third-order valence-electron chi connectivity index (χ3n) is 4.74. The smallest absolute Gasteiger partial charge is 0.319 e. The van der Waals surface area contributed by atoms with E-state index in [1.807, 2.05) is 0 Å². The lowest BCUT2D eigenvalue weighted by molar-refractivity contribution is 0.251. The average molecular weight is 571 g/mol. The molecule has 0 saturated heterocycles. The molecule has 180 valence electrons. The minimum absolute atomic E-state index is 0.0248. The van der Waals surface area contributed by atoms with Gasteiger partial charge in [0, 0.05) is 10.8 Å². The number of nitrogens with one attached hydrogen (secondary N) is 2. The second-order valence-electron chi connectivity index (χ2n) is 7.15. The lowest BCUT2D eigenvalue weighted by Crippen LogP contribution is -2.29. The summed E-state index contributed by atoms with van der Waals surface area (Å²) in [6.45, 7) is 0.0248. The number of aromatic nitrogens is 3. The fourth-order valence-corrected chi connectivity index (χ4v) is 4.98. The fraction of sp³-hybridized carbons (Fsp3) is 0.0870. The Bertz CT molecular complexity index is 1350. The Labute approximate surface area is 224 Å². The summed E-state index contributed by atoms with van der Waals surface area (Å²) in [5.74, 6) is 0.638. The van der Waals surface area contributed by atoms with Gasteiger partial charge in [0.1, 0.15) is 5.82 Å². The van der Waals surface area contributed by atoms with E-state index in [4.69, 9.17) is 46.4 Å². The number of hydrogen-bond donors (Lipinski definition) is 2. The first-order chi connectivity index (χ1) is 16.8. The number of thioether (sulfide) groups is 1. The molecule has 35 heavy (non-hydrogen) atoms. The van der Waals surface area contributed by atoms with E-state index in [1.165, 1.54) is 23.9 Å². The molecule has 0 bridgehead atoms. The molecule has 1 aromatic heterocycles. The van der Waals surface area contributed by atoms with Crippen molar-refractivity contribution in [2.75, 3.05) is 5.32 Å². The number of amides is 2. The van der Waals surface area contributed by atoms with E-state index in [2.05, 4.69) is 20.8 Å². The Balaban J connectivity index is 1.56. The molecular formula is C23H16Cl4FN5OS. The van der Waals surface area contributed by atoms with E-state index >= 15 is 0 Å². The topological polar surface area (TPSA) is 71.8 Å². The van der Waals surface area contributed by atoms with E-state index < -0.39 is 6.03 Å². The molecule has 0 unspecified atom stereocenters. The largest absolute Gasteiger partial charge is 0.331 e. The van der Waals surface area contributed by atoms with Gasteiger partial charge >= 0.3 is 6.03 Å². The quantitative estimate of drug-likeness (QED) is 0.224. The molecule has 0 saturated carbocycles. The highest BCUT2D eigenvalue weighted by molar-refractivity contribution is 7.98. The van der Waals surface area contributed by atoms with Crippen LogP contribution in [-0.2, 0) is 12.3 Å². The summed E-state index contributed by atoms with van der Waals surface area (Å²) in [5, 5.41) is 15.9. The third-order valence-corrected chi connectivity index (χ3v) is 6.91. The molecular weight excluding hydrogens is 555 g/mol. The summed E-state index contributed by atoms with van der Waals surface area (Å²) in [4.78, 5) is 12.5. The zero-order chi connectivity index (χ0) is 24.9. The van der Waals surface area contributed by atoms with Gasteiger partial charge in [0.25, 0.3) is 0 Å². The molecule has 0 radical (unpaired) electrons. The van der Waals surface area contributed by atoms with Gasteiger partial charge < -0.3 is 10.6 Å². The number of nitrogens with zero attached hydrogens (tertiary/aromatic N) is 3. The number of rotatable bonds is 7. The molecule has 2 N–H and O–H groups in total. The average Bonchev–Trinajstić information content (AvgIpc) is 3.22. The first-order valence-electron chi connectivity index (χ1n) is 10.1. The van der Waals surface area contributed by atoms with Crippen LogP contribution in [0.3, 0.4) is 0 Å². The monoisotopic (exact) mass is 569 g/mol. The standard InChI is InChI=1S/C23H16Cl4FN5OS/c24-14-6-9-19(18(27)10-14)33-20(11-29-22(34)30-21-16(25)2-1-3-17(21)26)31-32-23(33)35-12-13-4-7-15(28)8-5-13/h1-10H,11-12H2,(H2,29,30,34). The normalized spacial score (nSPS) is 10.9. The highest BCUT2D eigenvalue weighted by Gasteiger charge is 2.18. The molecule has 0 aliphatic carbocycles. The van der Waals surface area contributed by atoms with Crippen LogP contribution in [0.15, 0.2) is 65.8 Å². The van der Waals surface area contributed by atoms with Crippen LogP contribution in [-0.4, -0.2) is 20.8 Å². The van der Waals surface area contributed by atoms with Gasteiger partial charge in [0.2, 0.25) is 0 Å². The SMILES string of the molecule is O=C(NCc1nnc(SCc2ccc(F)cc2)n1-c1ccc(Cl)cc1Cl)Nc1c(Cl)cccc1Cl. The van der Waals surface area contributed by atoms with Gasteiger partial charge in [-0.25, -0.2) is 9.18 Å². The summed E-state index contributed by atoms with van der Waals surface area (Å²) in [7, 11) is 0. The van der Waals surface area contributed by atoms with Crippen molar-refractivity contribution in [3.05, 3.63) is 98.0 Å². The van der Waals surface area contributed by atoms with Crippen molar-refractivity contribution in [3.8, 4) is 5.69 Å². The van der Waals surface area contributed by atoms with Crippen LogP contribution < -0.4 is 10.6 Å². The lowest BCUT2D eigenvalue weighted by Gasteiger charge is -2.14. The number of carbonyl (C=O) groups is 1. The van der Waals surface area contributed by atoms with E-state index in [9.17, 15) is 9.18 Å². The summed E-state index contributed by atoms with van der Waals surface area (Å²) >= 11 is 26.2. The molecule has 0 aliphatic heterocycles. The summed E-state index contributed by atoms with van der Waals surface area (Å²) in [6, 6.07) is 15.6. The zero-order valence-corrected chi connectivity index (χ0v) is 21.6. The second-order valence-corrected chi connectivity index (χ2v) is 9.75. The van der Waals surface area contributed by atoms with E-state index in [0.717, 1.165) is 5.56 Å².